The quantitative estimate of drug-likeness (QED) is 0.741. The number of likely N-dealkylation sites (N-methyl/N-ethyl adjacent to an activating group) is 2. The normalized spacial score (nSPS) is 9.89. The highest BCUT2D eigenvalue weighted by Crippen LogP contribution is 2.18. The highest BCUT2D eigenvalue weighted by atomic mass is 32.1. The predicted octanol–water partition coefficient (Wildman–Crippen LogP) is 0.678. The molecule has 0 saturated carbocycles. The van der Waals surface area contributed by atoms with Gasteiger partial charge in [-0.1, -0.05) is 12.2 Å². The largest absolute Gasteiger partial charge is 0.389 e. The van der Waals surface area contributed by atoms with Crippen LogP contribution in [0, 0.1) is 0 Å². The summed E-state index contributed by atoms with van der Waals surface area (Å²) in [5.41, 5.74) is 7.21. The number of hydrogen-bond donors (Lipinski definition) is 2. The van der Waals surface area contributed by atoms with Crippen LogP contribution < -0.4 is 16.0 Å². The Kier molecular flexibility index (Phi) is 5.51. The molecule has 1 heterocycles. The molecule has 0 spiro atoms. The molecule has 0 bridgehead atoms. The maximum Gasteiger partial charge on any atom is 0.239 e. The van der Waals surface area contributed by atoms with Crippen molar-refractivity contribution < 1.29 is 4.79 Å². The summed E-state index contributed by atoms with van der Waals surface area (Å²) < 4.78 is 0. The SMILES string of the molecule is CCNC(=O)CN(CC)c1cnccc1C(N)=S. The van der Waals surface area contributed by atoms with Crippen LogP contribution in [0.4, 0.5) is 5.69 Å². The van der Waals surface area contributed by atoms with Crippen molar-refractivity contribution in [3.63, 3.8) is 0 Å². The van der Waals surface area contributed by atoms with Gasteiger partial charge in [0, 0.05) is 24.8 Å². The maximum absolute atomic E-state index is 11.6. The summed E-state index contributed by atoms with van der Waals surface area (Å²) in [6, 6.07) is 1.76. The van der Waals surface area contributed by atoms with Crippen molar-refractivity contribution in [2.45, 2.75) is 13.8 Å². The molecule has 98 valence electrons. The summed E-state index contributed by atoms with van der Waals surface area (Å²) in [6.45, 7) is 5.42. The van der Waals surface area contributed by atoms with E-state index in [1.165, 1.54) is 0 Å². The summed E-state index contributed by atoms with van der Waals surface area (Å²) in [5.74, 6) is -0.0305. The van der Waals surface area contributed by atoms with Gasteiger partial charge in [0.15, 0.2) is 0 Å². The Morgan fingerprint density at radius 2 is 2.28 bits per heavy atom. The first-order valence-corrected chi connectivity index (χ1v) is 6.26. The van der Waals surface area contributed by atoms with Gasteiger partial charge in [-0.15, -0.1) is 0 Å². The second-order valence-corrected chi connectivity index (χ2v) is 4.16. The van der Waals surface area contributed by atoms with Crippen LogP contribution in [0.1, 0.15) is 19.4 Å². The first kappa shape index (κ1) is 14.4. The second kappa shape index (κ2) is 6.90. The number of rotatable bonds is 6. The van der Waals surface area contributed by atoms with Gasteiger partial charge in [0.25, 0.3) is 0 Å². The third-order valence-corrected chi connectivity index (χ3v) is 2.72. The fourth-order valence-corrected chi connectivity index (χ4v) is 1.81. The fraction of sp³-hybridized carbons (Fsp3) is 0.417. The minimum atomic E-state index is -0.0305. The Bertz CT molecular complexity index is 436. The summed E-state index contributed by atoms with van der Waals surface area (Å²) in [6.07, 6.45) is 3.31. The summed E-state index contributed by atoms with van der Waals surface area (Å²) in [5, 5.41) is 2.76. The molecule has 0 aliphatic heterocycles. The number of carbonyl (C=O) groups excluding carboxylic acids is 1. The van der Waals surface area contributed by atoms with Crippen molar-refractivity contribution in [1.29, 1.82) is 0 Å². The van der Waals surface area contributed by atoms with Crippen molar-refractivity contribution in [3.05, 3.63) is 24.0 Å². The van der Waals surface area contributed by atoms with Crippen LogP contribution in [0.2, 0.25) is 0 Å². The van der Waals surface area contributed by atoms with Gasteiger partial charge in [-0.2, -0.15) is 0 Å². The number of nitrogens with one attached hydrogen (secondary N) is 1. The Hall–Kier alpha value is -1.69. The number of hydrogen-bond acceptors (Lipinski definition) is 4. The number of anilines is 1. The van der Waals surface area contributed by atoms with Crippen molar-refractivity contribution in [3.8, 4) is 0 Å². The number of nitrogens with zero attached hydrogens (tertiary/aromatic N) is 2. The van der Waals surface area contributed by atoms with Crippen LogP contribution in [-0.2, 0) is 4.79 Å². The van der Waals surface area contributed by atoms with Crippen molar-refractivity contribution in [1.82, 2.24) is 10.3 Å². The summed E-state index contributed by atoms with van der Waals surface area (Å²) >= 11 is 5.00. The fourth-order valence-electron chi connectivity index (χ4n) is 1.64. The molecule has 3 N–H and O–H groups in total. The second-order valence-electron chi connectivity index (χ2n) is 3.72. The lowest BCUT2D eigenvalue weighted by molar-refractivity contribution is -0.119. The molecular formula is C12H18N4OS. The predicted molar refractivity (Wildman–Crippen MR) is 76.7 cm³/mol. The molecule has 0 radical (unpaired) electrons. The van der Waals surface area contributed by atoms with E-state index < -0.39 is 0 Å². The van der Waals surface area contributed by atoms with E-state index in [0.717, 1.165) is 11.3 Å². The molecule has 18 heavy (non-hydrogen) atoms. The minimum absolute atomic E-state index is 0.0305. The molecule has 1 aromatic heterocycles. The average molecular weight is 266 g/mol. The van der Waals surface area contributed by atoms with Gasteiger partial charge in [0.1, 0.15) is 4.99 Å². The standard InChI is InChI=1S/C12H18N4OS/c1-3-15-11(17)8-16(4-2)10-7-14-6-5-9(10)12(13)18/h5-7H,3-4,8H2,1-2H3,(H2,13,18)(H,15,17). The number of amides is 1. The van der Waals surface area contributed by atoms with E-state index in [4.69, 9.17) is 18.0 Å². The van der Waals surface area contributed by atoms with Crippen LogP contribution in [0.25, 0.3) is 0 Å². The molecule has 0 unspecified atom stereocenters. The topological polar surface area (TPSA) is 71.2 Å². The van der Waals surface area contributed by atoms with Crippen LogP contribution in [0.15, 0.2) is 18.5 Å². The molecule has 6 heteroatoms. The van der Waals surface area contributed by atoms with Gasteiger partial charge in [-0.05, 0) is 19.9 Å². The number of thiocarbonyl (C=S) groups is 1. The Balaban J connectivity index is 2.94. The maximum atomic E-state index is 11.6. The van der Waals surface area contributed by atoms with Gasteiger partial charge in [0.2, 0.25) is 5.91 Å². The molecule has 5 nitrogen and oxygen atoms in total. The first-order chi connectivity index (χ1) is 8.60. The van der Waals surface area contributed by atoms with Crippen molar-refractivity contribution >= 4 is 28.8 Å². The third kappa shape index (κ3) is 3.66. The van der Waals surface area contributed by atoms with Crippen LogP contribution in [0.3, 0.4) is 0 Å². The van der Waals surface area contributed by atoms with E-state index in [2.05, 4.69) is 10.3 Å². The van der Waals surface area contributed by atoms with Gasteiger partial charge < -0.3 is 16.0 Å². The molecule has 0 fully saturated rings. The summed E-state index contributed by atoms with van der Waals surface area (Å²) in [7, 11) is 0. The van der Waals surface area contributed by atoms with Gasteiger partial charge in [-0.25, -0.2) is 0 Å². The number of pyridine rings is 1. The zero-order valence-electron chi connectivity index (χ0n) is 10.6. The van der Waals surface area contributed by atoms with Gasteiger partial charge in [-0.3, -0.25) is 9.78 Å². The van der Waals surface area contributed by atoms with E-state index in [-0.39, 0.29) is 12.5 Å². The first-order valence-electron chi connectivity index (χ1n) is 5.85. The van der Waals surface area contributed by atoms with E-state index >= 15 is 0 Å². The molecule has 0 atom stereocenters. The molecule has 0 saturated heterocycles. The lowest BCUT2D eigenvalue weighted by Crippen LogP contribution is -2.38. The smallest absolute Gasteiger partial charge is 0.239 e. The minimum Gasteiger partial charge on any atom is -0.389 e. The number of carbonyl (C=O) groups is 1. The molecule has 0 aliphatic carbocycles. The molecule has 1 aromatic rings. The summed E-state index contributed by atoms with van der Waals surface area (Å²) in [4.78, 5) is 17.9. The van der Waals surface area contributed by atoms with E-state index in [0.29, 0.717) is 18.1 Å². The molecule has 1 rings (SSSR count). The van der Waals surface area contributed by atoms with E-state index in [1.807, 2.05) is 18.7 Å². The van der Waals surface area contributed by atoms with Gasteiger partial charge in [0.05, 0.1) is 18.4 Å². The Morgan fingerprint density at radius 1 is 1.56 bits per heavy atom. The lowest BCUT2D eigenvalue weighted by Gasteiger charge is -2.24. The third-order valence-electron chi connectivity index (χ3n) is 2.50. The molecule has 1 amide bonds. The zero-order chi connectivity index (χ0) is 13.5. The zero-order valence-corrected chi connectivity index (χ0v) is 11.5. The number of aromatic nitrogens is 1. The van der Waals surface area contributed by atoms with Crippen molar-refractivity contribution in [2.24, 2.45) is 5.73 Å². The van der Waals surface area contributed by atoms with Crippen LogP contribution in [0.5, 0.6) is 0 Å². The van der Waals surface area contributed by atoms with E-state index in [9.17, 15) is 4.79 Å². The highest BCUT2D eigenvalue weighted by molar-refractivity contribution is 7.80. The van der Waals surface area contributed by atoms with Crippen LogP contribution in [-0.4, -0.2) is 35.5 Å². The Morgan fingerprint density at radius 3 is 2.83 bits per heavy atom. The molecule has 0 aliphatic rings. The molecular weight excluding hydrogens is 248 g/mol. The van der Waals surface area contributed by atoms with Crippen LogP contribution >= 0.6 is 12.2 Å². The van der Waals surface area contributed by atoms with Crippen molar-refractivity contribution in [2.75, 3.05) is 24.5 Å². The Labute approximate surface area is 112 Å². The highest BCUT2D eigenvalue weighted by Gasteiger charge is 2.14. The lowest BCUT2D eigenvalue weighted by atomic mass is 10.2. The monoisotopic (exact) mass is 266 g/mol. The van der Waals surface area contributed by atoms with Gasteiger partial charge >= 0.3 is 0 Å². The average Bonchev–Trinajstić information content (AvgIpc) is 2.36. The van der Waals surface area contributed by atoms with E-state index in [1.54, 1.807) is 18.5 Å². The molecule has 0 aromatic carbocycles. The number of nitrogens with two attached hydrogens (primary N) is 1.